The summed E-state index contributed by atoms with van der Waals surface area (Å²) >= 11 is 0. The molecule has 0 aliphatic heterocycles. The SMILES string of the molecule is CCOc1ccccc1CNCc1ccc(Oc2ccccc2)cc1. The van der Waals surface area contributed by atoms with Gasteiger partial charge in [-0.25, -0.2) is 0 Å². The molecule has 3 nitrogen and oxygen atoms in total. The quantitative estimate of drug-likeness (QED) is 0.617. The van der Waals surface area contributed by atoms with Crippen molar-refractivity contribution in [2.45, 2.75) is 20.0 Å². The van der Waals surface area contributed by atoms with Gasteiger partial charge in [0.25, 0.3) is 0 Å². The smallest absolute Gasteiger partial charge is 0.127 e. The van der Waals surface area contributed by atoms with E-state index in [0.717, 1.165) is 30.3 Å². The topological polar surface area (TPSA) is 30.5 Å². The van der Waals surface area contributed by atoms with Crippen LogP contribution >= 0.6 is 0 Å². The third kappa shape index (κ3) is 5.10. The molecule has 0 bridgehead atoms. The van der Waals surface area contributed by atoms with Crippen LogP contribution in [0.5, 0.6) is 17.2 Å². The van der Waals surface area contributed by atoms with Gasteiger partial charge >= 0.3 is 0 Å². The molecule has 0 amide bonds. The average Bonchev–Trinajstić information content (AvgIpc) is 2.66. The molecule has 0 aliphatic rings. The molecule has 0 spiro atoms. The second-order valence-corrected chi connectivity index (χ2v) is 5.70. The Morgan fingerprint density at radius 2 is 1.40 bits per heavy atom. The van der Waals surface area contributed by atoms with Crippen molar-refractivity contribution in [1.29, 1.82) is 0 Å². The third-order valence-electron chi connectivity index (χ3n) is 3.82. The lowest BCUT2D eigenvalue weighted by Crippen LogP contribution is -2.13. The molecule has 0 aliphatic carbocycles. The summed E-state index contributed by atoms with van der Waals surface area (Å²) in [5.41, 5.74) is 2.39. The molecule has 3 rings (SSSR count). The van der Waals surface area contributed by atoms with Crippen molar-refractivity contribution >= 4 is 0 Å². The first kappa shape index (κ1) is 17.1. The summed E-state index contributed by atoms with van der Waals surface area (Å²) in [6, 6.07) is 26.1. The first-order chi connectivity index (χ1) is 12.3. The zero-order valence-electron chi connectivity index (χ0n) is 14.4. The number of para-hydroxylation sites is 2. The predicted octanol–water partition coefficient (Wildman–Crippen LogP) is 5.17. The van der Waals surface area contributed by atoms with Crippen LogP contribution < -0.4 is 14.8 Å². The van der Waals surface area contributed by atoms with Gasteiger partial charge in [-0.2, -0.15) is 0 Å². The number of benzene rings is 3. The summed E-state index contributed by atoms with van der Waals surface area (Å²) in [6.45, 7) is 4.26. The van der Waals surface area contributed by atoms with E-state index >= 15 is 0 Å². The predicted molar refractivity (Wildman–Crippen MR) is 101 cm³/mol. The van der Waals surface area contributed by atoms with Crippen LogP contribution in [0, 0.1) is 0 Å². The van der Waals surface area contributed by atoms with Gasteiger partial charge in [0.1, 0.15) is 17.2 Å². The Morgan fingerprint density at radius 3 is 2.16 bits per heavy atom. The monoisotopic (exact) mass is 333 g/mol. The van der Waals surface area contributed by atoms with E-state index in [-0.39, 0.29) is 0 Å². The van der Waals surface area contributed by atoms with E-state index in [0.29, 0.717) is 6.61 Å². The molecule has 3 aromatic carbocycles. The van der Waals surface area contributed by atoms with E-state index in [1.807, 2.05) is 67.6 Å². The highest BCUT2D eigenvalue weighted by Crippen LogP contribution is 2.21. The highest BCUT2D eigenvalue weighted by molar-refractivity contribution is 5.34. The number of nitrogens with one attached hydrogen (secondary N) is 1. The number of hydrogen-bond acceptors (Lipinski definition) is 3. The van der Waals surface area contributed by atoms with Crippen LogP contribution in [0.25, 0.3) is 0 Å². The maximum absolute atomic E-state index is 5.81. The molecule has 0 saturated carbocycles. The van der Waals surface area contributed by atoms with Crippen LogP contribution in [-0.2, 0) is 13.1 Å². The van der Waals surface area contributed by atoms with Crippen molar-refractivity contribution < 1.29 is 9.47 Å². The summed E-state index contributed by atoms with van der Waals surface area (Å²) in [7, 11) is 0. The maximum atomic E-state index is 5.81. The lowest BCUT2D eigenvalue weighted by molar-refractivity contribution is 0.335. The van der Waals surface area contributed by atoms with Crippen molar-refractivity contribution in [2.75, 3.05) is 6.61 Å². The minimum atomic E-state index is 0.680. The molecule has 0 radical (unpaired) electrons. The minimum Gasteiger partial charge on any atom is -0.494 e. The van der Waals surface area contributed by atoms with E-state index in [2.05, 4.69) is 23.5 Å². The summed E-state index contributed by atoms with van der Waals surface area (Å²) in [4.78, 5) is 0. The Hall–Kier alpha value is -2.78. The van der Waals surface area contributed by atoms with Gasteiger partial charge in [-0.15, -0.1) is 0 Å². The fourth-order valence-corrected chi connectivity index (χ4v) is 2.59. The number of rotatable bonds is 8. The highest BCUT2D eigenvalue weighted by Gasteiger charge is 2.02. The average molecular weight is 333 g/mol. The lowest BCUT2D eigenvalue weighted by atomic mass is 10.2. The molecule has 3 aromatic rings. The Bertz CT molecular complexity index is 770. The van der Waals surface area contributed by atoms with E-state index in [4.69, 9.17) is 9.47 Å². The fraction of sp³-hybridized carbons (Fsp3) is 0.182. The Labute approximate surface area is 149 Å². The summed E-state index contributed by atoms with van der Waals surface area (Å²) in [5.74, 6) is 2.64. The van der Waals surface area contributed by atoms with Crippen molar-refractivity contribution in [3.8, 4) is 17.2 Å². The van der Waals surface area contributed by atoms with Gasteiger partial charge in [0.2, 0.25) is 0 Å². The second-order valence-electron chi connectivity index (χ2n) is 5.70. The van der Waals surface area contributed by atoms with Crippen molar-refractivity contribution in [3.05, 3.63) is 90.0 Å². The highest BCUT2D eigenvalue weighted by atomic mass is 16.5. The van der Waals surface area contributed by atoms with Crippen LogP contribution in [0.2, 0.25) is 0 Å². The molecule has 128 valence electrons. The molecule has 0 heterocycles. The summed E-state index contributed by atoms with van der Waals surface area (Å²) in [5, 5.41) is 3.47. The van der Waals surface area contributed by atoms with Crippen molar-refractivity contribution in [2.24, 2.45) is 0 Å². The standard InChI is InChI=1S/C22H23NO2/c1-2-24-22-11-7-6-8-19(22)17-23-16-18-12-14-21(15-13-18)25-20-9-4-3-5-10-20/h3-15,23H,2,16-17H2,1H3. The van der Waals surface area contributed by atoms with Crippen LogP contribution in [0.3, 0.4) is 0 Å². The third-order valence-corrected chi connectivity index (χ3v) is 3.82. The second kappa shape index (κ2) is 8.90. The summed E-state index contributed by atoms with van der Waals surface area (Å²) in [6.07, 6.45) is 0. The van der Waals surface area contributed by atoms with Crippen molar-refractivity contribution in [1.82, 2.24) is 5.32 Å². The lowest BCUT2D eigenvalue weighted by Gasteiger charge is -2.11. The largest absolute Gasteiger partial charge is 0.494 e. The molecule has 0 saturated heterocycles. The van der Waals surface area contributed by atoms with Gasteiger partial charge in [0.05, 0.1) is 6.61 Å². The molecule has 1 N–H and O–H groups in total. The van der Waals surface area contributed by atoms with Crippen LogP contribution in [-0.4, -0.2) is 6.61 Å². The van der Waals surface area contributed by atoms with Crippen molar-refractivity contribution in [3.63, 3.8) is 0 Å². The van der Waals surface area contributed by atoms with Crippen LogP contribution in [0.1, 0.15) is 18.1 Å². The van der Waals surface area contributed by atoms with Gasteiger partial charge in [-0.1, -0.05) is 48.5 Å². The first-order valence-electron chi connectivity index (χ1n) is 8.58. The minimum absolute atomic E-state index is 0.680. The summed E-state index contributed by atoms with van der Waals surface area (Å²) < 4.78 is 11.5. The van der Waals surface area contributed by atoms with Gasteiger partial charge in [-0.05, 0) is 42.8 Å². The van der Waals surface area contributed by atoms with Gasteiger partial charge in [-0.3, -0.25) is 0 Å². The number of ether oxygens (including phenoxy) is 2. The van der Waals surface area contributed by atoms with Crippen LogP contribution in [0.15, 0.2) is 78.9 Å². The maximum Gasteiger partial charge on any atom is 0.127 e. The molecule has 0 atom stereocenters. The van der Waals surface area contributed by atoms with E-state index in [9.17, 15) is 0 Å². The Morgan fingerprint density at radius 1 is 0.720 bits per heavy atom. The molecule has 0 unspecified atom stereocenters. The van der Waals surface area contributed by atoms with E-state index in [1.165, 1.54) is 11.1 Å². The molecular formula is C22H23NO2. The van der Waals surface area contributed by atoms with Gasteiger partial charge in [0, 0.05) is 18.7 Å². The van der Waals surface area contributed by atoms with E-state index in [1.54, 1.807) is 0 Å². The zero-order valence-corrected chi connectivity index (χ0v) is 14.4. The molecule has 3 heteroatoms. The first-order valence-corrected chi connectivity index (χ1v) is 8.58. The fourth-order valence-electron chi connectivity index (χ4n) is 2.59. The number of hydrogen-bond donors (Lipinski definition) is 1. The normalized spacial score (nSPS) is 10.4. The molecule has 0 fully saturated rings. The zero-order chi connectivity index (χ0) is 17.3. The Balaban J connectivity index is 1.52. The Kier molecular flexibility index (Phi) is 6.07. The van der Waals surface area contributed by atoms with Gasteiger partial charge in [0.15, 0.2) is 0 Å². The van der Waals surface area contributed by atoms with Gasteiger partial charge < -0.3 is 14.8 Å². The van der Waals surface area contributed by atoms with E-state index < -0.39 is 0 Å². The van der Waals surface area contributed by atoms with Crippen LogP contribution in [0.4, 0.5) is 0 Å². The molecule has 25 heavy (non-hydrogen) atoms. The molecular weight excluding hydrogens is 310 g/mol. The molecule has 0 aromatic heterocycles.